The van der Waals surface area contributed by atoms with Crippen LogP contribution in [0.15, 0.2) is 66.7 Å². The van der Waals surface area contributed by atoms with Crippen molar-refractivity contribution in [2.24, 2.45) is 0 Å². The van der Waals surface area contributed by atoms with Gasteiger partial charge in [0, 0.05) is 6.54 Å². The molecule has 0 bridgehead atoms. The molecule has 30 heavy (non-hydrogen) atoms. The molecule has 3 aromatic carbocycles. The Morgan fingerprint density at radius 2 is 1.90 bits per heavy atom. The summed E-state index contributed by atoms with van der Waals surface area (Å²) < 4.78 is 25.1. The van der Waals surface area contributed by atoms with E-state index >= 15 is 0 Å². The lowest BCUT2D eigenvalue weighted by molar-refractivity contribution is 0.283. The first-order valence-corrected chi connectivity index (χ1v) is 10.2. The number of ether oxygens (including phenoxy) is 2. The molecule has 0 spiro atoms. The van der Waals surface area contributed by atoms with Gasteiger partial charge in [0.2, 0.25) is 0 Å². The highest BCUT2D eigenvalue weighted by molar-refractivity contribution is 5.57. The predicted molar refractivity (Wildman–Crippen MR) is 118 cm³/mol. The van der Waals surface area contributed by atoms with Crippen LogP contribution in [0.4, 0.5) is 4.39 Å². The minimum absolute atomic E-state index is 0.0651. The van der Waals surface area contributed by atoms with Crippen LogP contribution in [-0.4, -0.2) is 13.7 Å². The van der Waals surface area contributed by atoms with E-state index in [0.29, 0.717) is 6.61 Å². The number of fused-ring (bicyclic) bond motifs is 1. The van der Waals surface area contributed by atoms with Crippen molar-refractivity contribution in [2.45, 2.75) is 26.0 Å². The lowest BCUT2D eigenvalue weighted by Gasteiger charge is -2.26. The fraction of sp³-hybridized carbons (Fsp3) is 0.231. The Bertz CT molecular complexity index is 1050. The van der Waals surface area contributed by atoms with Crippen molar-refractivity contribution >= 4 is 6.08 Å². The smallest absolute Gasteiger partial charge is 0.161 e. The average molecular weight is 403 g/mol. The van der Waals surface area contributed by atoms with Gasteiger partial charge in [-0.15, -0.1) is 0 Å². The Morgan fingerprint density at radius 3 is 2.67 bits per heavy atom. The second kappa shape index (κ2) is 9.14. The summed E-state index contributed by atoms with van der Waals surface area (Å²) in [4.78, 5) is 0. The van der Waals surface area contributed by atoms with E-state index in [1.807, 2.05) is 49.4 Å². The van der Waals surface area contributed by atoms with Crippen molar-refractivity contribution in [3.63, 3.8) is 0 Å². The minimum Gasteiger partial charge on any atom is -0.493 e. The second-order valence-electron chi connectivity index (χ2n) is 7.52. The third-order valence-electron chi connectivity index (χ3n) is 5.46. The van der Waals surface area contributed by atoms with Gasteiger partial charge in [0.15, 0.2) is 11.5 Å². The number of methoxy groups -OCH3 is 1. The molecular formula is C26H26FNO2. The quantitative estimate of drug-likeness (QED) is 0.579. The maximum Gasteiger partial charge on any atom is 0.161 e. The zero-order chi connectivity index (χ0) is 20.9. The summed E-state index contributed by atoms with van der Waals surface area (Å²) >= 11 is 0. The molecule has 3 nitrogen and oxygen atoms in total. The molecule has 3 aromatic rings. The van der Waals surface area contributed by atoms with Crippen molar-refractivity contribution < 1.29 is 13.9 Å². The largest absolute Gasteiger partial charge is 0.493 e. The van der Waals surface area contributed by atoms with Crippen LogP contribution >= 0.6 is 0 Å². The van der Waals surface area contributed by atoms with Crippen molar-refractivity contribution in [2.75, 3.05) is 13.7 Å². The van der Waals surface area contributed by atoms with E-state index in [0.717, 1.165) is 41.2 Å². The molecule has 0 aromatic heterocycles. The van der Waals surface area contributed by atoms with Gasteiger partial charge < -0.3 is 14.8 Å². The van der Waals surface area contributed by atoms with Gasteiger partial charge in [-0.2, -0.15) is 0 Å². The van der Waals surface area contributed by atoms with Crippen LogP contribution in [0.1, 0.15) is 33.9 Å². The van der Waals surface area contributed by atoms with Crippen LogP contribution in [-0.2, 0) is 13.0 Å². The van der Waals surface area contributed by atoms with E-state index in [9.17, 15) is 4.39 Å². The van der Waals surface area contributed by atoms with E-state index in [4.69, 9.17) is 9.47 Å². The number of aryl methyl sites for hydroxylation is 1. The van der Waals surface area contributed by atoms with Gasteiger partial charge in [-0.1, -0.05) is 48.6 Å². The standard InChI is InChI=1S/C26H26FNO2/c1-18-14-22(27)10-8-20(18)9-11-24-23-16-25(29-2)26(15-21(23)12-13-28-24)30-17-19-6-4-3-5-7-19/h3-11,14-16,24,28H,12-13,17H2,1-2H3/b11-9+. The summed E-state index contributed by atoms with van der Waals surface area (Å²) in [5.74, 6) is 1.28. The number of rotatable bonds is 6. The van der Waals surface area contributed by atoms with Gasteiger partial charge in [-0.25, -0.2) is 4.39 Å². The van der Waals surface area contributed by atoms with Crippen LogP contribution in [0.5, 0.6) is 11.5 Å². The molecule has 4 rings (SSSR count). The van der Waals surface area contributed by atoms with Crippen LogP contribution in [0.25, 0.3) is 6.08 Å². The molecule has 1 N–H and O–H groups in total. The van der Waals surface area contributed by atoms with Gasteiger partial charge in [0.05, 0.1) is 13.2 Å². The van der Waals surface area contributed by atoms with Crippen molar-refractivity contribution in [1.82, 2.24) is 5.32 Å². The van der Waals surface area contributed by atoms with Gasteiger partial charge >= 0.3 is 0 Å². The zero-order valence-corrected chi connectivity index (χ0v) is 17.3. The molecule has 0 saturated carbocycles. The summed E-state index contributed by atoms with van der Waals surface area (Å²) in [6.07, 6.45) is 5.11. The number of nitrogens with one attached hydrogen (secondary N) is 1. The molecule has 1 heterocycles. The summed E-state index contributed by atoms with van der Waals surface area (Å²) in [6, 6.07) is 19.2. The first-order valence-electron chi connectivity index (χ1n) is 10.2. The Balaban J connectivity index is 1.57. The molecule has 1 atom stereocenters. The molecular weight excluding hydrogens is 377 g/mol. The van der Waals surface area contributed by atoms with Gasteiger partial charge in [-0.3, -0.25) is 0 Å². The van der Waals surface area contributed by atoms with Crippen LogP contribution < -0.4 is 14.8 Å². The maximum atomic E-state index is 13.4. The van der Waals surface area contributed by atoms with E-state index < -0.39 is 0 Å². The monoisotopic (exact) mass is 403 g/mol. The molecule has 0 amide bonds. The number of hydrogen-bond acceptors (Lipinski definition) is 3. The van der Waals surface area contributed by atoms with Gasteiger partial charge in [-0.05, 0) is 65.4 Å². The normalized spacial score (nSPS) is 15.8. The highest BCUT2D eigenvalue weighted by atomic mass is 19.1. The first kappa shape index (κ1) is 20.2. The lowest BCUT2D eigenvalue weighted by Crippen LogP contribution is -2.28. The van der Waals surface area contributed by atoms with Gasteiger partial charge in [0.1, 0.15) is 12.4 Å². The maximum absolute atomic E-state index is 13.4. The molecule has 0 radical (unpaired) electrons. The SMILES string of the molecule is COc1cc2c(cc1OCc1ccccc1)CCNC2/C=C/c1ccc(F)cc1C. The van der Waals surface area contributed by atoms with Crippen molar-refractivity contribution in [1.29, 1.82) is 0 Å². The lowest BCUT2D eigenvalue weighted by atomic mass is 9.92. The molecule has 0 aliphatic carbocycles. The third-order valence-corrected chi connectivity index (χ3v) is 5.46. The van der Waals surface area contributed by atoms with Crippen LogP contribution in [0, 0.1) is 12.7 Å². The number of halogens is 1. The Hall–Kier alpha value is -3.11. The fourth-order valence-electron chi connectivity index (χ4n) is 3.80. The molecule has 1 aliphatic rings. The molecule has 1 unspecified atom stereocenters. The average Bonchev–Trinajstić information content (AvgIpc) is 2.77. The fourth-order valence-corrected chi connectivity index (χ4v) is 3.80. The van der Waals surface area contributed by atoms with E-state index in [-0.39, 0.29) is 11.9 Å². The molecule has 0 fully saturated rings. The van der Waals surface area contributed by atoms with Gasteiger partial charge in [0.25, 0.3) is 0 Å². The minimum atomic E-state index is -0.210. The topological polar surface area (TPSA) is 30.5 Å². The highest BCUT2D eigenvalue weighted by Crippen LogP contribution is 2.36. The van der Waals surface area contributed by atoms with E-state index in [1.54, 1.807) is 13.2 Å². The van der Waals surface area contributed by atoms with Crippen molar-refractivity contribution in [3.05, 3.63) is 100 Å². The predicted octanol–water partition coefficient (Wildman–Crippen LogP) is 5.62. The van der Waals surface area contributed by atoms with E-state index in [1.165, 1.54) is 17.2 Å². The zero-order valence-electron chi connectivity index (χ0n) is 17.3. The summed E-state index contributed by atoms with van der Waals surface area (Å²) in [6.45, 7) is 3.31. The summed E-state index contributed by atoms with van der Waals surface area (Å²) in [7, 11) is 1.67. The van der Waals surface area contributed by atoms with E-state index in [2.05, 4.69) is 23.5 Å². The Morgan fingerprint density at radius 1 is 1.07 bits per heavy atom. The summed E-state index contributed by atoms with van der Waals surface area (Å²) in [5.41, 5.74) is 5.49. The Kier molecular flexibility index (Phi) is 6.15. The van der Waals surface area contributed by atoms with Crippen LogP contribution in [0.2, 0.25) is 0 Å². The molecule has 4 heteroatoms. The molecule has 154 valence electrons. The molecule has 1 aliphatic heterocycles. The summed E-state index contributed by atoms with van der Waals surface area (Å²) in [5, 5.41) is 3.55. The number of benzene rings is 3. The number of hydrogen-bond donors (Lipinski definition) is 1. The van der Waals surface area contributed by atoms with Crippen LogP contribution in [0.3, 0.4) is 0 Å². The van der Waals surface area contributed by atoms with Crippen molar-refractivity contribution in [3.8, 4) is 11.5 Å². The highest BCUT2D eigenvalue weighted by Gasteiger charge is 2.21. The molecule has 0 saturated heterocycles. The Labute approximate surface area is 177 Å². The second-order valence-corrected chi connectivity index (χ2v) is 7.52. The first-order chi connectivity index (χ1) is 14.6. The third kappa shape index (κ3) is 4.55.